The standard InChI is InChI=1S/C13H14FN/c1-3-11-8(2)12(9-4-5-9)6-10(7-15)13(11)14/h6,9H,3-5H2,1-2H3. The van der Waals surface area contributed by atoms with Crippen molar-refractivity contribution in [1.82, 2.24) is 0 Å². The van der Waals surface area contributed by atoms with E-state index in [1.807, 2.05) is 19.9 Å². The summed E-state index contributed by atoms with van der Waals surface area (Å²) in [5, 5.41) is 8.87. The van der Waals surface area contributed by atoms with E-state index in [0.29, 0.717) is 12.3 Å². The predicted molar refractivity (Wildman–Crippen MR) is 57.2 cm³/mol. The van der Waals surface area contributed by atoms with Crippen molar-refractivity contribution in [1.29, 1.82) is 5.26 Å². The fourth-order valence-electron chi connectivity index (χ4n) is 2.15. The first-order valence-corrected chi connectivity index (χ1v) is 5.41. The molecule has 1 nitrogen and oxygen atoms in total. The first-order valence-electron chi connectivity index (χ1n) is 5.41. The average Bonchev–Trinajstić information content (AvgIpc) is 3.03. The molecule has 0 aromatic heterocycles. The zero-order valence-corrected chi connectivity index (χ0v) is 9.10. The summed E-state index contributed by atoms with van der Waals surface area (Å²) in [4.78, 5) is 0. The molecular weight excluding hydrogens is 189 g/mol. The molecule has 2 heteroatoms. The Morgan fingerprint density at radius 3 is 2.67 bits per heavy atom. The van der Waals surface area contributed by atoms with Gasteiger partial charge in [-0.2, -0.15) is 5.26 Å². The Morgan fingerprint density at radius 1 is 1.53 bits per heavy atom. The number of nitriles is 1. The van der Waals surface area contributed by atoms with Gasteiger partial charge >= 0.3 is 0 Å². The van der Waals surface area contributed by atoms with Gasteiger partial charge in [0.25, 0.3) is 0 Å². The van der Waals surface area contributed by atoms with Crippen molar-refractivity contribution in [2.45, 2.75) is 39.0 Å². The van der Waals surface area contributed by atoms with Crippen LogP contribution in [0.1, 0.15) is 47.9 Å². The molecule has 15 heavy (non-hydrogen) atoms. The van der Waals surface area contributed by atoms with E-state index >= 15 is 0 Å². The summed E-state index contributed by atoms with van der Waals surface area (Å²) in [7, 11) is 0. The molecule has 0 amide bonds. The summed E-state index contributed by atoms with van der Waals surface area (Å²) in [6.45, 7) is 3.90. The Morgan fingerprint density at radius 2 is 2.20 bits per heavy atom. The van der Waals surface area contributed by atoms with Crippen molar-refractivity contribution in [3.05, 3.63) is 34.1 Å². The van der Waals surface area contributed by atoms with Crippen LogP contribution in [0.25, 0.3) is 0 Å². The summed E-state index contributed by atoms with van der Waals surface area (Å²) in [5.41, 5.74) is 3.16. The lowest BCUT2D eigenvalue weighted by molar-refractivity contribution is 0.605. The Hall–Kier alpha value is -1.36. The second-order valence-corrected chi connectivity index (χ2v) is 4.17. The van der Waals surface area contributed by atoms with Crippen LogP contribution in [0, 0.1) is 24.1 Å². The third kappa shape index (κ3) is 1.63. The van der Waals surface area contributed by atoms with E-state index in [-0.39, 0.29) is 11.4 Å². The lowest BCUT2D eigenvalue weighted by atomic mass is 9.94. The fourth-order valence-corrected chi connectivity index (χ4v) is 2.15. The molecule has 0 bridgehead atoms. The smallest absolute Gasteiger partial charge is 0.144 e. The van der Waals surface area contributed by atoms with Crippen LogP contribution in [-0.4, -0.2) is 0 Å². The highest BCUT2D eigenvalue weighted by molar-refractivity contribution is 5.47. The van der Waals surface area contributed by atoms with Gasteiger partial charge < -0.3 is 0 Å². The van der Waals surface area contributed by atoms with Crippen LogP contribution in [-0.2, 0) is 6.42 Å². The summed E-state index contributed by atoms with van der Waals surface area (Å²) in [5.74, 6) is 0.255. The van der Waals surface area contributed by atoms with E-state index in [9.17, 15) is 4.39 Å². The molecule has 0 atom stereocenters. The number of rotatable bonds is 2. The minimum atomic E-state index is -0.318. The van der Waals surface area contributed by atoms with E-state index in [1.165, 1.54) is 18.4 Å². The molecule has 1 aromatic carbocycles. The molecule has 1 aliphatic carbocycles. The number of halogens is 1. The van der Waals surface area contributed by atoms with Gasteiger partial charge in [0, 0.05) is 0 Å². The zero-order chi connectivity index (χ0) is 11.0. The molecular formula is C13H14FN. The van der Waals surface area contributed by atoms with Crippen LogP contribution in [0.3, 0.4) is 0 Å². The maximum atomic E-state index is 13.8. The summed E-state index contributed by atoms with van der Waals surface area (Å²) in [6.07, 6.45) is 3.02. The fraction of sp³-hybridized carbons (Fsp3) is 0.462. The Labute approximate surface area is 89.5 Å². The summed E-state index contributed by atoms with van der Waals surface area (Å²) < 4.78 is 13.8. The minimum Gasteiger partial charge on any atom is -0.205 e. The summed E-state index contributed by atoms with van der Waals surface area (Å²) >= 11 is 0. The maximum Gasteiger partial charge on any atom is 0.144 e. The SMILES string of the molecule is CCc1c(C)c(C2CC2)cc(C#N)c1F. The first kappa shape index (κ1) is 10.2. The lowest BCUT2D eigenvalue weighted by Gasteiger charge is -2.11. The van der Waals surface area contributed by atoms with Crippen molar-refractivity contribution in [2.75, 3.05) is 0 Å². The molecule has 0 heterocycles. The van der Waals surface area contributed by atoms with Crippen LogP contribution in [0.15, 0.2) is 6.07 Å². The quantitative estimate of drug-likeness (QED) is 0.722. The molecule has 1 saturated carbocycles. The maximum absolute atomic E-state index is 13.8. The number of hydrogen-bond donors (Lipinski definition) is 0. The van der Waals surface area contributed by atoms with E-state index in [2.05, 4.69) is 0 Å². The number of nitrogens with zero attached hydrogens (tertiary/aromatic N) is 1. The van der Waals surface area contributed by atoms with Crippen molar-refractivity contribution < 1.29 is 4.39 Å². The highest BCUT2D eigenvalue weighted by Gasteiger charge is 2.27. The molecule has 78 valence electrons. The molecule has 0 spiro atoms. The predicted octanol–water partition coefficient (Wildman–Crippen LogP) is 3.45. The third-order valence-electron chi connectivity index (χ3n) is 3.18. The lowest BCUT2D eigenvalue weighted by Crippen LogP contribution is -2.01. The zero-order valence-electron chi connectivity index (χ0n) is 9.10. The van der Waals surface area contributed by atoms with Crippen LogP contribution in [0.4, 0.5) is 4.39 Å². The van der Waals surface area contributed by atoms with Crippen LogP contribution >= 0.6 is 0 Å². The second-order valence-electron chi connectivity index (χ2n) is 4.17. The average molecular weight is 203 g/mol. The van der Waals surface area contributed by atoms with Gasteiger partial charge in [0.1, 0.15) is 11.9 Å². The van der Waals surface area contributed by atoms with E-state index < -0.39 is 0 Å². The van der Waals surface area contributed by atoms with Gasteiger partial charge in [-0.15, -0.1) is 0 Å². The van der Waals surface area contributed by atoms with Crippen molar-refractivity contribution >= 4 is 0 Å². The van der Waals surface area contributed by atoms with E-state index in [4.69, 9.17) is 5.26 Å². The monoisotopic (exact) mass is 203 g/mol. The molecule has 1 aromatic rings. The van der Waals surface area contributed by atoms with Gasteiger partial charge in [-0.3, -0.25) is 0 Å². The highest BCUT2D eigenvalue weighted by atomic mass is 19.1. The van der Waals surface area contributed by atoms with Gasteiger partial charge in [0.05, 0.1) is 5.56 Å². The Balaban J connectivity index is 2.62. The van der Waals surface area contributed by atoms with Crippen LogP contribution < -0.4 is 0 Å². The largest absolute Gasteiger partial charge is 0.205 e. The Bertz CT molecular complexity index is 439. The van der Waals surface area contributed by atoms with E-state index in [1.54, 1.807) is 6.07 Å². The minimum absolute atomic E-state index is 0.208. The number of benzene rings is 1. The number of hydrogen-bond acceptors (Lipinski definition) is 1. The van der Waals surface area contributed by atoms with Gasteiger partial charge in [-0.1, -0.05) is 6.92 Å². The van der Waals surface area contributed by atoms with Crippen LogP contribution in [0.5, 0.6) is 0 Å². The Kier molecular flexibility index (Phi) is 2.48. The topological polar surface area (TPSA) is 23.8 Å². The highest BCUT2D eigenvalue weighted by Crippen LogP contribution is 2.43. The van der Waals surface area contributed by atoms with Gasteiger partial charge in [-0.05, 0) is 54.9 Å². The van der Waals surface area contributed by atoms with Gasteiger partial charge in [0.2, 0.25) is 0 Å². The van der Waals surface area contributed by atoms with Gasteiger partial charge in [0.15, 0.2) is 0 Å². The molecule has 0 aliphatic heterocycles. The van der Waals surface area contributed by atoms with Crippen LogP contribution in [0.2, 0.25) is 0 Å². The first-order chi connectivity index (χ1) is 7.19. The molecule has 2 rings (SSSR count). The molecule has 1 fully saturated rings. The molecule has 0 saturated heterocycles. The molecule has 1 aliphatic rings. The van der Waals surface area contributed by atoms with Crippen molar-refractivity contribution in [3.63, 3.8) is 0 Å². The van der Waals surface area contributed by atoms with Crippen molar-refractivity contribution in [2.24, 2.45) is 0 Å². The summed E-state index contributed by atoms with van der Waals surface area (Å²) in [6, 6.07) is 3.68. The second kappa shape index (κ2) is 3.66. The van der Waals surface area contributed by atoms with E-state index in [0.717, 1.165) is 11.1 Å². The molecule has 0 unspecified atom stereocenters. The van der Waals surface area contributed by atoms with Gasteiger partial charge in [-0.25, -0.2) is 4.39 Å². The molecule has 0 radical (unpaired) electrons. The third-order valence-corrected chi connectivity index (χ3v) is 3.18. The normalized spacial score (nSPS) is 15.1. The van der Waals surface area contributed by atoms with Crippen molar-refractivity contribution in [3.8, 4) is 6.07 Å². The molecule has 0 N–H and O–H groups in total.